The molecule has 1 heterocycles. The van der Waals surface area contributed by atoms with Gasteiger partial charge in [-0.05, 0) is 30.4 Å². The van der Waals surface area contributed by atoms with Crippen molar-refractivity contribution >= 4 is 6.03 Å². The zero-order valence-electron chi connectivity index (χ0n) is 14.9. The molecule has 1 aromatic heterocycles. The molecule has 134 valence electrons. The number of nitrogens with zero attached hydrogens (tertiary/aromatic N) is 2. The molecule has 0 unspecified atom stereocenters. The Morgan fingerprint density at radius 2 is 1.68 bits per heavy atom. The van der Waals surface area contributed by atoms with Gasteiger partial charge >= 0.3 is 6.03 Å². The average molecular weight is 342 g/mol. The fourth-order valence-corrected chi connectivity index (χ4v) is 2.67. The van der Waals surface area contributed by atoms with E-state index < -0.39 is 0 Å². The molecule has 0 bridgehead atoms. The summed E-state index contributed by atoms with van der Waals surface area (Å²) >= 11 is 0. The van der Waals surface area contributed by atoms with E-state index in [-0.39, 0.29) is 24.7 Å². The van der Waals surface area contributed by atoms with Gasteiger partial charge in [0.15, 0.2) is 0 Å². The molecule has 0 aliphatic rings. The van der Waals surface area contributed by atoms with Gasteiger partial charge in [0, 0.05) is 18.0 Å². The number of nitrogens with one attached hydrogen (secondary N) is 2. The van der Waals surface area contributed by atoms with Crippen LogP contribution in [0.25, 0.3) is 11.1 Å². The van der Waals surface area contributed by atoms with Gasteiger partial charge in [-0.1, -0.05) is 38.1 Å². The average Bonchev–Trinajstić information content (AvgIpc) is 2.61. The number of urea groups is 1. The maximum absolute atomic E-state index is 12.1. The monoisotopic (exact) mass is 342 g/mol. The van der Waals surface area contributed by atoms with Crippen LogP contribution in [0.5, 0.6) is 0 Å². The summed E-state index contributed by atoms with van der Waals surface area (Å²) in [4.78, 5) is 20.2. The molecule has 2 atom stereocenters. The number of rotatable bonds is 7. The second-order valence-corrected chi connectivity index (χ2v) is 6.60. The first-order valence-corrected chi connectivity index (χ1v) is 8.52. The largest absolute Gasteiger partial charge is 0.394 e. The third-order valence-electron chi connectivity index (χ3n) is 3.96. The fraction of sp³-hybridized carbons (Fsp3) is 0.421. The number of benzene rings is 1. The minimum Gasteiger partial charge on any atom is -0.394 e. The van der Waals surface area contributed by atoms with Gasteiger partial charge in [0.1, 0.15) is 6.33 Å². The van der Waals surface area contributed by atoms with E-state index in [1.54, 1.807) is 12.4 Å². The summed E-state index contributed by atoms with van der Waals surface area (Å²) in [6, 6.07) is 7.29. The van der Waals surface area contributed by atoms with Crippen LogP contribution in [0, 0.1) is 5.92 Å². The quantitative estimate of drug-likeness (QED) is 0.722. The molecule has 0 aliphatic carbocycles. The number of hydrogen-bond donors (Lipinski definition) is 3. The minimum atomic E-state index is -0.271. The Hall–Kier alpha value is -2.47. The highest BCUT2D eigenvalue weighted by atomic mass is 16.3. The Morgan fingerprint density at radius 1 is 1.04 bits per heavy atom. The van der Waals surface area contributed by atoms with Crippen LogP contribution in [0.1, 0.15) is 38.8 Å². The molecule has 2 amide bonds. The molecule has 0 aliphatic heterocycles. The first-order valence-electron chi connectivity index (χ1n) is 8.52. The summed E-state index contributed by atoms with van der Waals surface area (Å²) in [5, 5.41) is 15.1. The molecule has 3 N–H and O–H groups in total. The molecule has 6 heteroatoms. The van der Waals surface area contributed by atoms with Gasteiger partial charge in [-0.25, -0.2) is 14.8 Å². The number of aromatic nitrogens is 2. The van der Waals surface area contributed by atoms with Crippen molar-refractivity contribution < 1.29 is 9.90 Å². The highest BCUT2D eigenvalue weighted by molar-refractivity contribution is 5.74. The number of aliphatic hydroxyl groups is 1. The molecule has 2 aromatic rings. The lowest BCUT2D eigenvalue weighted by atomic mass is 10.0. The summed E-state index contributed by atoms with van der Waals surface area (Å²) in [7, 11) is 0. The summed E-state index contributed by atoms with van der Waals surface area (Å²) in [5.74, 6) is 0.407. The maximum Gasteiger partial charge on any atom is 0.315 e. The van der Waals surface area contributed by atoms with Gasteiger partial charge in [0.05, 0.1) is 18.7 Å². The van der Waals surface area contributed by atoms with E-state index in [2.05, 4.69) is 34.4 Å². The summed E-state index contributed by atoms with van der Waals surface area (Å²) in [5.41, 5.74) is 2.98. The Labute approximate surface area is 148 Å². The first-order chi connectivity index (χ1) is 12.0. The van der Waals surface area contributed by atoms with Crippen molar-refractivity contribution in [2.24, 2.45) is 5.92 Å². The second-order valence-electron chi connectivity index (χ2n) is 6.60. The Balaban J connectivity index is 1.94. The van der Waals surface area contributed by atoms with Gasteiger partial charge in [-0.3, -0.25) is 0 Å². The minimum absolute atomic E-state index is 0.0617. The van der Waals surface area contributed by atoms with Gasteiger partial charge in [-0.15, -0.1) is 0 Å². The van der Waals surface area contributed by atoms with Crippen LogP contribution in [0.15, 0.2) is 43.0 Å². The lowest BCUT2D eigenvalue weighted by molar-refractivity contribution is 0.205. The van der Waals surface area contributed by atoms with Crippen LogP contribution in [0.2, 0.25) is 0 Å². The smallest absolute Gasteiger partial charge is 0.315 e. The van der Waals surface area contributed by atoms with Crippen LogP contribution in [-0.4, -0.2) is 33.8 Å². The van der Waals surface area contributed by atoms with E-state index in [0.29, 0.717) is 5.92 Å². The highest BCUT2D eigenvalue weighted by Crippen LogP contribution is 2.20. The van der Waals surface area contributed by atoms with Gasteiger partial charge < -0.3 is 15.7 Å². The molecule has 0 saturated heterocycles. The van der Waals surface area contributed by atoms with Crippen LogP contribution in [0.3, 0.4) is 0 Å². The molecular weight excluding hydrogens is 316 g/mol. The van der Waals surface area contributed by atoms with E-state index in [9.17, 15) is 9.90 Å². The van der Waals surface area contributed by atoms with Crippen molar-refractivity contribution in [2.75, 3.05) is 6.61 Å². The van der Waals surface area contributed by atoms with Gasteiger partial charge in [-0.2, -0.15) is 0 Å². The van der Waals surface area contributed by atoms with E-state index in [1.165, 1.54) is 6.33 Å². The predicted octanol–water partition coefficient (Wildman–Crippen LogP) is 2.91. The number of amides is 2. The molecule has 6 nitrogen and oxygen atoms in total. The van der Waals surface area contributed by atoms with Crippen molar-refractivity contribution in [1.82, 2.24) is 20.6 Å². The third-order valence-corrected chi connectivity index (χ3v) is 3.96. The lowest BCUT2D eigenvalue weighted by Crippen LogP contribution is -2.45. The molecule has 0 radical (unpaired) electrons. The normalized spacial score (nSPS) is 13.3. The van der Waals surface area contributed by atoms with Crippen LogP contribution in [-0.2, 0) is 0 Å². The fourth-order valence-electron chi connectivity index (χ4n) is 2.67. The number of hydrogen-bond acceptors (Lipinski definition) is 4. The molecular formula is C19H26N4O2. The Bertz CT molecular complexity index is 659. The maximum atomic E-state index is 12.1. The zero-order chi connectivity index (χ0) is 18.2. The molecule has 0 fully saturated rings. The van der Waals surface area contributed by atoms with Crippen molar-refractivity contribution in [3.05, 3.63) is 48.5 Å². The Morgan fingerprint density at radius 3 is 2.24 bits per heavy atom. The van der Waals surface area contributed by atoms with Crippen LogP contribution in [0.4, 0.5) is 4.79 Å². The molecule has 2 rings (SSSR count). The summed E-state index contributed by atoms with van der Waals surface area (Å²) in [6.45, 7) is 5.98. The van der Waals surface area contributed by atoms with Crippen molar-refractivity contribution in [3.63, 3.8) is 0 Å². The third kappa shape index (κ3) is 5.83. The summed E-state index contributed by atoms with van der Waals surface area (Å²) < 4.78 is 0. The van der Waals surface area contributed by atoms with Crippen molar-refractivity contribution in [2.45, 2.75) is 39.3 Å². The van der Waals surface area contributed by atoms with Crippen LogP contribution >= 0.6 is 0 Å². The molecule has 25 heavy (non-hydrogen) atoms. The standard InChI is InChI=1S/C19H26N4O2/c1-13(2)8-18(11-24)23-19(25)22-14(3)15-4-6-16(7-5-15)17-9-20-12-21-10-17/h4-7,9-10,12-14,18,24H,8,11H2,1-3H3,(H2,22,23,25)/t14-,18+/m1/s1. The highest BCUT2D eigenvalue weighted by Gasteiger charge is 2.15. The van der Waals surface area contributed by atoms with Gasteiger partial charge in [0.25, 0.3) is 0 Å². The number of carbonyl (C=O) groups excluding carboxylic acids is 1. The topological polar surface area (TPSA) is 87.1 Å². The molecule has 0 spiro atoms. The van der Waals surface area contributed by atoms with Crippen molar-refractivity contribution in [1.29, 1.82) is 0 Å². The molecule has 0 saturated carbocycles. The van der Waals surface area contributed by atoms with Crippen LogP contribution < -0.4 is 10.6 Å². The van der Waals surface area contributed by atoms with E-state index >= 15 is 0 Å². The van der Waals surface area contributed by atoms with Crippen molar-refractivity contribution in [3.8, 4) is 11.1 Å². The van der Waals surface area contributed by atoms with E-state index in [1.807, 2.05) is 31.2 Å². The first kappa shape index (κ1) is 18.9. The van der Waals surface area contributed by atoms with E-state index in [4.69, 9.17) is 0 Å². The van der Waals surface area contributed by atoms with Gasteiger partial charge in [0.2, 0.25) is 0 Å². The zero-order valence-corrected chi connectivity index (χ0v) is 14.9. The predicted molar refractivity (Wildman–Crippen MR) is 97.9 cm³/mol. The SMILES string of the molecule is CC(C)C[C@@H](CO)NC(=O)N[C@H](C)c1ccc(-c2cncnc2)cc1. The summed E-state index contributed by atoms with van der Waals surface area (Å²) in [6.07, 6.45) is 5.77. The number of aliphatic hydroxyl groups excluding tert-OH is 1. The lowest BCUT2D eigenvalue weighted by Gasteiger charge is -2.21. The Kier molecular flexibility index (Phi) is 6.89. The second kappa shape index (κ2) is 9.13. The number of carbonyl (C=O) groups is 1. The van der Waals surface area contributed by atoms with E-state index in [0.717, 1.165) is 23.1 Å². The molecule has 1 aromatic carbocycles.